The Morgan fingerprint density at radius 3 is 2.63 bits per heavy atom. The summed E-state index contributed by atoms with van der Waals surface area (Å²) in [4.78, 5) is 28.8. The van der Waals surface area contributed by atoms with Gasteiger partial charge in [-0.15, -0.1) is 11.3 Å². The number of hydrogen-bond acceptors (Lipinski definition) is 6. The molecule has 1 heterocycles. The standard InChI is InChI=1S/C22H23N3O3S2/c1-15-7-9-17(10-8-15)24-21(27)14-30-22-25-18(13-29-22)11-20(26)23-12-16-5-3-4-6-19(16)28-2/h3-10,13H,11-12,14H2,1-2H3,(H,23,26)(H,24,27). The summed E-state index contributed by atoms with van der Waals surface area (Å²) in [7, 11) is 1.61. The number of carbonyl (C=O) groups is 2. The second kappa shape index (κ2) is 10.8. The first-order valence-corrected chi connectivity index (χ1v) is 11.2. The molecule has 0 saturated heterocycles. The monoisotopic (exact) mass is 441 g/mol. The van der Waals surface area contributed by atoms with Gasteiger partial charge in [-0.25, -0.2) is 4.98 Å². The van der Waals surface area contributed by atoms with Crippen LogP contribution in [0.5, 0.6) is 5.75 Å². The molecule has 0 saturated carbocycles. The third kappa shape index (κ3) is 6.60. The van der Waals surface area contributed by atoms with E-state index in [4.69, 9.17) is 4.74 Å². The fourth-order valence-corrected chi connectivity index (χ4v) is 4.31. The summed E-state index contributed by atoms with van der Waals surface area (Å²) in [5.41, 5.74) is 3.53. The third-order valence-corrected chi connectivity index (χ3v) is 6.27. The lowest BCUT2D eigenvalue weighted by atomic mass is 10.2. The normalized spacial score (nSPS) is 10.5. The Morgan fingerprint density at radius 2 is 1.87 bits per heavy atom. The number of aromatic nitrogens is 1. The van der Waals surface area contributed by atoms with E-state index in [0.717, 1.165) is 26.9 Å². The summed E-state index contributed by atoms with van der Waals surface area (Å²) in [6, 6.07) is 15.2. The van der Waals surface area contributed by atoms with Crippen molar-refractivity contribution in [3.8, 4) is 5.75 Å². The van der Waals surface area contributed by atoms with Crippen molar-refractivity contribution in [3.05, 3.63) is 70.7 Å². The largest absolute Gasteiger partial charge is 0.496 e. The lowest BCUT2D eigenvalue weighted by Gasteiger charge is -2.09. The highest BCUT2D eigenvalue weighted by Gasteiger charge is 2.11. The number of nitrogens with one attached hydrogen (secondary N) is 2. The molecule has 1 aromatic heterocycles. The van der Waals surface area contributed by atoms with Crippen molar-refractivity contribution < 1.29 is 14.3 Å². The van der Waals surface area contributed by atoms with Gasteiger partial charge in [0.05, 0.1) is 25.0 Å². The minimum Gasteiger partial charge on any atom is -0.496 e. The van der Waals surface area contributed by atoms with Crippen LogP contribution in [0.25, 0.3) is 0 Å². The van der Waals surface area contributed by atoms with Crippen molar-refractivity contribution in [1.29, 1.82) is 0 Å². The van der Waals surface area contributed by atoms with Gasteiger partial charge in [-0.2, -0.15) is 0 Å². The van der Waals surface area contributed by atoms with Gasteiger partial charge >= 0.3 is 0 Å². The van der Waals surface area contributed by atoms with Gasteiger partial charge in [-0.1, -0.05) is 47.7 Å². The molecular formula is C22H23N3O3S2. The van der Waals surface area contributed by atoms with Crippen LogP contribution in [-0.2, 0) is 22.6 Å². The highest BCUT2D eigenvalue weighted by molar-refractivity contribution is 8.01. The molecule has 2 aromatic carbocycles. The number of nitrogens with zero attached hydrogens (tertiary/aromatic N) is 1. The molecule has 6 nitrogen and oxygen atoms in total. The first-order chi connectivity index (χ1) is 14.5. The maximum atomic E-state index is 12.2. The van der Waals surface area contributed by atoms with E-state index >= 15 is 0 Å². The van der Waals surface area contributed by atoms with Gasteiger partial charge in [-0.3, -0.25) is 9.59 Å². The average Bonchev–Trinajstić information content (AvgIpc) is 3.20. The molecule has 0 spiro atoms. The smallest absolute Gasteiger partial charge is 0.234 e. The Kier molecular flexibility index (Phi) is 7.87. The van der Waals surface area contributed by atoms with E-state index in [0.29, 0.717) is 12.2 Å². The van der Waals surface area contributed by atoms with Gasteiger partial charge in [0.1, 0.15) is 5.75 Å². The Morgan fingerprint density at radius 1 is 1.10 bits per heavy atom. The Hall–Kier alpha value is -2.84. The summed E-state index contributed by atoms with van der Waals surface area (Å²) in [6.07, 6.45) is 0.196. The predicted molar refractivity (Wildman–Crippen MR) is 121 cm³/mol. The van der Waals surface area contributed by atoms with Crippen LogP contribution in [-0.4, -0.2) is 29.7 Å². The molecule has 0 atom stereocenters. The molecule has 0 bridgehead atoms. The van der Waals surface area contributed by atoms with Crippen LogP contribution >= 0.6 is 23.1 Å². The molecule has 3 rings (SSSR count). The summed E-state index contributed by atoms with van der Waals surface area (Å²) in [5, 5.41) is 7.60. The number of methoxy groups -OCH3 is 1. The number of para-hydroxylation sites is 1. The Labute approximate surface area is 184 Å². The molecule has 3 aromatic rings. The van der Waals surface area contributed by atoms with Crippen molar-refractivity contribution in [2.75, 3.05) is 18.2 Å². The zero-order valence-electron chi connectivity index (χ0n) is 16.8. The lowest BCUT2D eigenvalue weighted by Crippen LogP contribution is -2.24. The van der Waals surface area contributed by atoms with E-state index in [1.54, 1.807) is 7.11 Å². The molecule has 0 aliphatic heterocycles. The molecule has 156 valence electrons. The van der Waals surface area contributed by atoms with Gasteiger partial charge in [-0.05, 0) is 25.1 Å². The predicted octanol–water partition coefficient (Wildman–Crippen LogP) is 4.05. The number of hydrogen-bond donors (Lipinski definition) is 2. The van der Waals surface area contributed by atoms with Crippen LogP contribution in [0.1, 0.15) is 16.8 Å². The van der Waals surface area contributed by atoms with Crippen LogP contribution in [0.4, 0.5) is 5.69 Å². The summed E-state index contributed by atoms with van der Waals surface area (Å²) < 4.78 is 6.06. The number of rotatable bonds is 9. The van der Waals surface area contributed by atoms with Gasteiger partial charge in [0.25, 0.3) is 0 Å². The maximum Gasteiger partial charge on any atom is 0.234 e. The van der Waals surface area contributed by atoms with Gasteiger partial charge in [0, 0.05) is 23.2 Å². The van der Waals surface area contributed by atoms with E-state index in [1.165, 1.54) is 23.1 Å². The van der Waals surface area contributed by atoms with Crippen LogP contribution < -0.4 is 15.4 Å². The molecule has 0 radical (unpaired) electrons. The van der Waals surface area contributed by atoms with Crippen molar-refractivity contribution in [2.24, 2.45) is 0 Å². The van der Waals surface area contributed by atoms with Crippen LogP contribution in [0.3, 0.4) is 0 Å². The van der Waals surface area contributed by atoms with Crippen molar-refractivity contribution in [3.63, 3.8) is 0 Å². The van der Waals surface area contributed by atoms with E-state index in [2.05, 4.69) is 15.6 Å². The highest BCUT2D eigenvalue weighted by Crippen LogP contribution is 2.23. The first-order valence-electron chi connectivity index (χ1n) is 9.36. The van der Waals surface area contributed by atoms with Crippen LogP contribution in [0.15, 0.2) is 58.3 Å². The van der Waals surface area contributed by atoms with Crippen LogP contribution in [0.2, 0.25) is 0 Å². The number of carbonyl (C=O) groups excluding carboxylic acids is 2. The van der Waals surface area contributed by atoms with Gasteiger partial charge in [0.15, 0.2) is 4.34 Å². The fourth-order valence-electron chi connectivity index (χ4n) is 2.67. The summed E-state index contributed by atoms with van der Waals surface area (Å²) >= 11 is 2.80. The number of aryl methyl sites for hydroxylation is 1. The minimum atomic E-state index is -0.111. The zero-order valence-corrected chi connectivity index (χ0v) is 18.4. The molecule has 0 fully saturated rings. The van der Waals surface area contributed by atoms with Crippen LogP contribution in [0, 0.1) is 6.92 Å². The van der Waals surface area contributed by atoms with E-state index in [-0.39, 0.29) is 24.0 Å². The number of thiazole rings is 1. The first kappa shape index (κ1) is 21.9. The van der Waals surface area contributed by atoms with E-state index in [1.807, 2.05) is 60.8 Å². The number of benzene rings is 2. The fraction of sp³-hybridized carbons (Fsp3) is 0.227. The Balaban J connectivity index is 1.43. The third-order valence-electron chi connectivity index (χ3n) is 4.20. The second-order valence-electron chi connectivity index (χ2n) is 6.57. The highest BCUT2D eigenvalue weighted by atomic mass is 32.2. The number of anilines is 1. The van der Waals surface area contributed by atoms with Crippen molar-refractivity contribution >= 4 is 40.6 Å². The summed E-state index contributed by atoms with van der Waals surface area (Å²) in [5.74, 6) is 0.810. The van der Waals surface area contributed by atoms with Crippen molar-refractivity contribution in [2.45, 2.75) is 24.2 Å². The quantitative estimate of drug-likeness (QED) is 0.490. The topological polar surface area (TPSA) is 80.3 Å². The molecule has 30 heavy (non-hydrogen) atoms. The lowest BCUT2D eigenvalue weighted by molar-refractivity contribution is -0.120. The maximum absolute atomic E-state index is 12.2. The van der Waals surface area contributed by atoms with Gasteiger partial charge in [0.2, 0.25) is 11.8 Å². The minimum absolute atomic E-state index is 0.0878. The summed E-state index contributed by atoms with van der Waals surface area (Å²) in [6.45, 7) is 2.40. The molecule has 0 aliphatic rings. The molecule has 0 aliphatic carbocycles. The molecule has 0 unspecified atom stereocenters. The Bertz CT molecular complexity index is 1000. The van der Waals surface area contributed by atoms with E-state index < -0.39 is 0 Å². The number of thioether (sulfide) groups is 1. The molecule has 2 amide bonds. The SMILES string of the molecule is COc1ccccc1CNC(=O)Cc1csc(SCC(=O)Nc2ccc(C)cc2)n1. The van der Waals surface area contributed by atoms with E-state index in [9.17, 15) is 9.59 Å². The second-order valence-corrected chi connectivity index (χ2v) is 8.65. The molecule has 2 N–H and O–H groups in total. The number of ether oxygens (including phenoxy) is 1. The van der Waals surface area contributed by atoms with Gasteiger partial charge < -0.3 is 15.4 Å². The zero-order chi connectivity index (χ0) is 21.3. The molecular weight excluding hydrogens is 418 g/mol. The van der Waals surface area contributed by atoms with Crippen molar-refractivity contribution in [1.82, 2.24) is 10.3 Å². The molecule has 8 heteroatoms. The number of amides is 2. The average molecular weight is 442 g/mol.